The molecule has 0 unspecified atom stereocenters. The van der Waals surface area contributed by atoms with E-state index in [1.807, 2.05) is 31.2 Å². The van der Waals surface area contributed by atoms with Crippen molar-refractivity contribution in [2.75, 3.05) is 25.1 Å². The van der Waals surface area contributed by atoms with Crippen LogP contribution in [0.5, 0.6) is 5.75 Å². The van der Waals surface area contributed by atoms with E-state index in [0.717, 1.165) is 46.7 Å². The molecule has 0 aliphatic carbocycles. The summed E-state index contributed by atoms with van der Waals surface area (Å²) >= 11 is 0. The fourth-order valence-corrected chi connectivity index (χ4v) is 5.35. The molecule has 1 aromatic heterocycles. The van der Waals surface area contributed by atoms with Crippen molar-refractivity contribution in [2.24, 2.45) is 5.10 Å². The van der Waals surface area contributed by atoms with Gasteiger partial charge in [0.1, 0.15) is 5.75 Å². The van der Waals surface area contributed by atoms with Gasteiger partial charge < -0.3 is 9.64 Å². The quantitative estimate of drug-likeness (QED) is 0.275. The number of anilines is 1. The van der Waals surface area contributed by atoms with Crippen LogP contribution in [-0.2, 0) is 0 Å². The zero-order chi connectivity index (χ0) is 27.0. The highest BCUT2D eigenvalue weighted by Crippen LogP contribution is 2.34. The molecule has 1 saturated heterocycles. The molecule has 0 radical (unpaired) electrons. The topological polar surface area (TPSA) is 59.7 Å². The van der Waals surface area contributed by atoms with Gasteiger partial charge in [0.15, 0.2) is 5.82 Å². The minimum Gasteiger partial charge on any atom is -0.496 e. The Hall–Kier alpha value is -3.93. The van der Waals surface area contributed by atoms with Gasteiger partial charge >= 0.3 is 0 Å². The van der Waals surface area contributed by atoms with Gasteiger partial charge in [0.2, 0.25) is 0 Å². The molecule has 1 aliphatic heterocycles. The lowest BCUT2D eigenvalue weighted by Gasteiger charge is -2.21. The van der Waals surface area contributed by atoms with Crippen LogP contribution in [0, 0.1) is 20.8 Å². The second-order valence-electron chi connectivity index (χ2n) is 10.6. The minimum absolute atomic E-state index is 0.189. The average molecular weight is 509 g/mol. The molecular weight excluding hydrogens is 472 g/mol. The Kier molecular flexibility index (Phi) is 7.06. The van der Waals surface area contributed by atoms with Gasteiger partial charge in [0.05, 0.1) is 24.2 Å². The van der Waals surface area contributed by atoms with E-state index in [-0.39, 0.29) is 11.5 Å². The van der Waals surface area contributed by atoms with Crippen LogP contribution >= 0.6 is 0 Å². The molecule has 0 bridgehead atoms. The summed E-state index contributed by atoms with van der Waals surface area (Å²) in [7, 11) is 1.69. The summed E-state index contributed by atoms with van der Waals surface area (Å²) in [6.45, 7) is 12.7. The molecule has 0 saturated carbocycles. The molecule has 4 aromatic rings. The van der Waals surface area contributed by atoms with Crippen LogP contribution in [0.2, 0.25) is 0 Å². The third kappa shape index (κ3) is 4.71. The number of hydrogen-bond donors (Lipinski definition) is 0. The Morgan fingerprint density at radius 1 is 0.974 bits per heavy atom. The van der Waals surface area contributed by atoms with Crippen LogP contribution in [0.3, 0.4) is 0 Å². The third-order valence-electron chi connectivity index (χ3n) is 7.54. The van der Waals surface area contributed by atoms with E-state index in [1.165, 1.54) is 28.8 Å². The Balaban J connectivity index is 1.68. The van der Waals surface area contributed by atoms with Crippen molar-refractivity contribution < 1.29 is 4.74 Å². The largest absolute Gasteiger partial charge is 0.496 e. The highest BCUT2D eigenvalue weighted by atomic mass is 16.5. The van der Waals surface area contributed by atoms with Gasteiger partial charge in [0.25, 0.3) is 5.56 Å². The lowest BCUT2D eigenvalue weighted by Crippen LogP contribution is -2.21. The van der Waals surface area contributed by atoms with Crippen LogP contribution in [0.1, 0.15) is 60.4 Å². The van der Waals surface area contributed by atoms with Crippen molar-refractivity contribution in [3.05, 3.63) is 86.7 Å². The highest BCUT2D eigenvalue weighted by molar-refractivity contribution is 5.85. The standard InChI is InChI=1S/C32H36N4O2/c1-20(2)26-18-27(22(4)17-30(26)38-6)31-34-28-12-8-7-11-25(28)32(37)36(31)33-19-24-15-23(5)29(16-21(24)3)35-13-9-10-14-35/h7-8,11-12,15-20H,9-10,13-14H2,1-6H3. The summed E-state index contributed by atoms with van der Waals surface area (Å²) in [6.07, 6.45) is 4.27. The minimum atomic E-state index is -0.189. The predicted octanol–water partition coefficient (Wildman–Crippen LogP) is 6.60. The summed E-state index contributed by atoms with van der Waals surface area (Å²) in [5.41, 5.74) is 8.00. The normalized spacial score (nSPS) is 13.8. The van der Waals surface area contributed by atoms with Crippen molar-refractivity contribution in [1.29, 1.82) is 0 Å². The van der Waals surface area contributed by atoms with E-state index in [9.17, 15) is 4.79 Å². The second kappa shape index (κ2) is 10.4. The fourth-order valence-electron chi connectivity index (χ4n) is 5.35. The van der Waals surface area contributed by atoms with Gasteiger partial charge in [-0.1, -0.05) is 26.0 Å². The summed E-state index contributed by atoms with van der Waals surface area (Å²) in [6, 6.07) is 16.0. The summed E-state index contributed by atoms with van der Waals surface area (Å²) < 4.78 is 7.11. The van der Waals surface area contributed by atoms with Crippen LogP contribution in [0.25, 0.3) is 22.3 Å². The molecule has 1 fully saturated rings. The summed E-state index contributed by atoms with van der Waals surface area (Å²) in [4.78, 5) is 21.2. The fraction of sp³-hybridized carbons (Fsp3) is 0.344. The number of aromatic nitrogens is 2. The lowest BCUT2D eigenvalue weighted by molar-refractivity contribution is 0.407. The summed E-state index contributed by atoms with van der Waals surface area (Å²) in [5.74, 6) is 1.60. The second-order valence-corrected chi connectivity index (χ2v) is 10.6. The molecule has 0 atom stereocenters. The van der Waals surface area contributed by atoms with E-state index in [1.54, 1.807) is 19.4 Å². The average Bonchev–Trinajstić information content (AvgIpc) is 3.44. The van der Waals surface area contributed by atoms with E-state index < -0.39 is 0 Å². The van der Waals surface area contributed by atoms with Crippen molar-refractivity contribution in [3.8, 4) is 17.1 Å². The van der Waals surface area contributed by atoms with Crippen molar-refractivity contribution in [3.63, 3.8) is 0 Å². The maximum atomic E-state index is 13.8. The Bertz CT molecular complexity index is 1590. The van der Waals surface area contributed by atoms with Crippen molar-refractivity contribution >= 4 is 22.8 Å². The molecule has 6 heteroatoms. The van der Waals surface area contributed by atoms with Gasteiger partial charge in [-0.25, -0.2) is 4.98 Å². The van der Waals surface area contributed by atoms with Crippen LogP contribution in [-0.4, -0.2) is 36.1 Å². The van der Waals surface area contributed by atoms with Gasteiger partial charge in [-0.3, -0.25) is 4.79 Å². The number of methoxy groups -OCH3 is 1. The summed E-state index contributed by atoms with van der Waals surface area (Å²) in [5, 5.41) is 5.30. The van der Waals surface area contributed by atoms with E-state index in [4.69, 9.17) is 14.8 Å². The maximum absolute atomic E-state index is 13.8. The predicted molar refractivity (Wildman–Crippen MR) is 157 cm³/mol. The van der Waals surface area contributed by atoms with E-state index in [0.29, 0.717) is 16.7 Å². The smallest absolute Gasteiger partial charge is 0.282 e. The SMILES string of the molecule is COc1cc(C)c(-c2nc3ccccc3c(=O)n2N=Cc2cc(C)c(N3CCCC3)cc2C)cc1C(C)C. The first-order valence-electron chi connectivity index (χ1n) is 13.4. The Morgan fingerprint density at radius 2 is 1.71 bits per heavy atom. The molecule has 1 aliphatic rings. The monoisotopic (exact) mass is 508 g/mol. The number of ether oxygens (including phenoxy) is 1. The Morgan fingerprint density at radius 3 is 2.42 bits per heavy atom. The number of para-hydroxylation sites is 1. The number of fused-ring (bicyclic) bond motifs is 1. The van der Waals surface area contributed by atoms with Gasteiger partial charge in [-0.2, -0.15) is 9.78 Å². The molecular formula is C32H36N4O2. The number of aryl methyl sites for hydroxylation is 3. The number of hydrogen-bond acceptors (Lipinski definition) is 5. The number of rotatable bonds is 6. The van der Waals surface area contributed by atoms with Crippen LogP contribution in [0.4, 0.5) is 5.69 Å². The molecule has 6 nitrogen and oxygen atoms in total. The Labute approximate surface area is 224 Å². The molecule has 0 N–H and O–H groups in total. The number of nitrogens with zero attached hydrogens (tertiary/aromatic N) is 4. The van der Waals surface area contributed by atoms with E-state index >= 15 is 0 Å². The first-order chi connectivity index (χ1) is 18.3. The van der Waals surface area contributed by atoms with Crippen LogP contribution < -0.4 is 15.2 Å². The van der Waals surface area contributed by atoms with Crippen molar-refractivity contribution in [2.45, 2.75) is 53.4 Å². The molecule has 0 amide bonds. The molecule has 2 heterocycles. The molecule has 38 heavy (non-hydrogen) atoms. The third-order valence-corrected chi connectivity index (χ3v) is 7.54. The first-order valence-corrected chi connectivity index (χ1v) is 13.4. The first kappa shape index (κ1) is 25.7. The number of benzene rings is 3. The molecule has 196 valence electrons. The van der Waals surface area contributed by atoms with Gasteiger partial charge in [-0.05, 0) is 104 Å². The van der Waals surface area contributed by atoms with E-state index in [2.05, 4.69) is 50.8 Å². The zero-order valence-electron chi connectivity index (χ0n) is 23.2. The lowest BCUT2D eigenvalue weighted by atomic mass is 9.96. The van der Waals surface area contributed by atoms with Crippen molar-refractivity contribution in [1.82, 2.24) is 9.66 Å². The van der Waals surface area contributed by atoms with Crippen LogP contribution in [0.15, 0.2) is 58.4 Å². The van der Waals surface area contributed by atoms with Gasteiger partial charge in [-0.15, -0.1) is 0 Å². The molecule has 0 spiro atoms. The maximum Gasteiger partial charge on any atom is 0.282 e. The highest BCUT2D eigenvalue weighted by Gasteiger charge is 2.19. The molecule has 5 rings (SSSR count). The van der Waals surface area contributed by atoms with Gasteiger partial charge in [0, 0.05) is 24.3 Å². The molecule has 3 aromatic carbocycles. The zero-order valence-corrected chi connectivity index (χ0v) is 23.2.